The van der Waals surface area contributed by atoms with Gasteiger partial charge in [0, 0.05) is 10.9 Å². The summed E-state index contributed by atoms with van der Waals surface area (Å²) >= 11 is 3.38. The van der Waals surface area contributed by atoms with E-state index in [-0.39, 0.29) is 0 Å². The number of alkyl halides is 1. The van der Waals surface area contributed by atoms with Gasteiger partial charge in [-0.25, -0.2) is 0 Å². The Morgan fingerprint density at radius 3 is 2.50 bits per heavy atom. The molecule has 1 rings (SSSR count). The Morgan fingerprint density at radius 1 is 1.29 bits per heavy atom. The molecule has 0 bridgehead atoms. The molecule has 0 amide bonds. The summed E-state index contributed by atoms with van der Waals surface area (Å²) < 4.78 is 0. The fourth-order valence-electron chi connectivity index (χ4n) is 1.59. The predicted octanol–water partition coefficient (Wildman–Crippen LogP) is 3.94. The summed E-state index contributed by atoms with van der Waals surface area (Å²) in [5, 5.41) is 10.6. The molecule has 0 aliphatic rings. The van der Waals surface area contributed by atoms with Crippen molar-refractivity contribution in [2.75, 3.05) is 0 Å². The largest absolute Gasteiger partial charge is 0.507 e. The van der Waals surface area contributed by atoms with Crippen LogP contribution in [0.2, 0.25) is 0 Å². The average molecular weight is 257 g/mol. The minimum atomic E-state index is 0.473. The summed E-state index contributed by atoms with van der Waals surface area (Å²) in [6.07, 6.45) is 3.28. The third-order valence-electron chi connectivity index (χ3n) is 2.36. The first-order valence-electron chi connectivity index (χ1n) is 5.06. The first-order valence-corrected chi connectivity index (χ1v) is 6.18. The maximum atomic E-state index is 9.91. The molecule has 0 radical (unpaired) electrons. The van der Waals surface area contributed by atoms with Crippen LogP contribution in [0.4, 0.5) is 0 Å². The summed E-state index contributed by atoms with van der Waals surface area (Å²) in [4.78, 5) is 0. The Balaban J connectivity index is 2.96. The van der Waals surface area contributed by atoms with E-state index in [1.165, 1.54) is 5.56 Å². The number of hydrogen-bond donors (Lipinski definition) is 1. The molecule has 2 heteroatoms. The summed E-state index contributed by atoms with van der Waals surface area (Å²) in [5.74, 6) is 0.473. The van der Waals surface area contributed by atoms with Crippen molar-refractivity contribution in [3.63, 3.8) is 0 Å². The number of phenols is 1. The van der Waals surface area contributed by atoms with E-state index in [9.17, 15) is 5.11 Å². The van der Waals surface area contributed by atoms with Crippen molar-refractivity contribution < 1.29 is 5.11 Å². The molecule has 0 heterocycles. The molecular formula is C12H17BrO. The number of halogens is 1. The summed E-state index contributed by atoms with van der Waals surface area (Å²) in [6.45, 7) is 4.24. The van der Waals surface area contributed by atoms with Crippen molar-refractivity contribution in [2.24, 2.45) is 0 Å². The number of aryl methyl sites for hydroxylation is 2. The van der Waals surface area contributed by atoms with Crippen LogP contribution < -0.4 is 0 Å². The Morgan fingerprint density at radius 2 is 1.93 bits per heavy atom. The van der Waals surface area contributed by atoms with E-state index in [0.29, 0.717) is 5.75 Å². The molecule has 0 saturated heterocycles. The highest BCUT2D eigenvalue weighted by Gasteiger charge is 2.06. The number of benzene rings is 1. The molecule has 0 aromatic heterocycles. The van der Waals surface area contributed by atoms with Crippen LogP contribution in [-0.2, 0) is 11.8 Å². The minimum Gasteiger partial charge on any atom is -0.507 e. The molecule has 1 N–H and O–H groups in total. The number of phenolic OH excluding ortho intramolecular Hbond substituents is 1. The monoisotopic (exact) mass is 256 g/mol. The van der Waals surface area contributed by atoms with Crippen LogP contribution in [0.5, 0.6) is 5.75 Å². The zero-order chi connectivity index (χ0) is 10.6. The van der Waals surface area contributed by atoms with Gasteiger partial charge in [-0.1, -0.05) is 47.0 Å². The Bertz CT molecular complexity index is 307. The fourth-order valence-corrected chi connectivity index (χ4v) is 2.02. The van der Waals surface area contributed by atoms with Gasteiger partial charge < -0.3 is 5.11 Å². The van der Waals surface area contributed by atoms with E-state index in [1.54, 1.807) is 0 Å². The van der Waals surface area contributed by atoms with Crippen molar-refractivity contribution in [3.8, 4) is 5.75 Å². The number of aromatic hydroxyl groups is 1. The van der Waals surface area contributed by atoms with E-state index in [4.69, 9.17) is 0 Å². The van der Waals surface area contributed by atoms with Crippen LogP contribution in [-0.4, -0.2) is 5.11 Å². The van der Waals surface area contributed by atoms with Gasteiger partial charge in [-0.15, -0.1) is 0 Å². The first-order chi connectivity index (χ1) is 6.69. The maximum absolute atomic E-state index is 9.91. The lowest BCUT2D eigenvalue weighted by atomic mass is 10.0. The smallest absolute Gasteiger partial charge is 0.122 e. The number of rotatable bonds is 4. The highest BCUT2D eigenvalue weighted by atomic mass is 79.9. The fraction of sp³-hybridized carbons (Fsp3) is 0.500. The van der Waals surface area contributed by atoms with Gasteiger partial charge in [-0.05, 0) is 25.3 Å². The van der Waals surface area contributed by atoms with Gasteiger partial charge in [0.05, 0.1) is 0 Å². The molecule has 78 valence electrons. The minimum absolute atomic E-state index is 0.473. The molecule has 0 aliphatic carbocycles. The quantitative estimate of drug-likeness (QED) is 0.810. The molecule has 0 fully saturated rings. The van der Waals surface area contributed by atoms with E-state index in [0.717, 1.165) is 35.7 Å². The SMILES string of the molecule is CCCCc1cc(C)cc(CBr)c1O. The second kappa shape index (κ2) is 5.40. The molecule has 0 saturated carbocycles. The molecule has 1 aromatic rings. The van der Waals surface area contributed by atoms with Crippen molar-refractivity contribution in [3.05, 3.63) is 28.8 Å². The van der Waals surface area contributed by atoms with Crippen molar-refractivity contribution in [2.45, 2.75) is 38.4 Å². The van der Waals surface area contributed by atoms with Crippen LogP contribution in [0, 0.1) is 6.92 Å². The zero-order valence-electron chi connectivity index (χ0n) is 8.81. The number of hydrogen-bond acceptors (Lipinski definition) is 1. The van der Waals surface area contributed by atoms with E-state index >= 15 is 0 Å². The lowest BCUT2D eigenvalue weighted by Crippen LogP contribution is -1.91. The van der Waals surface area contributed by atoms with Crippen LogP contribution in [0.25, 0.3) is 0 Å². The molecule has 0 atom stereocenters. The predicted molar refractivity (Wildman–Crippen MR) is 64.1 cm³/mol. The summed E-state index contributed by atoms with van der Waals surface area (Å²) in [6, 6.07) is 4.11. The van der Waals surface area contributed by atoms with Crippen molar-refractivity contribution in [1.29, 1.82) is 0 Å². The zero-order valence-corrected chi connectivity index (χ0v) is 10.4. The van der Waals surface area contributed by atoms with Crippen molar-refractivity contribution in [1.82, 2.24) is 0 Å². The van der Waals surface area contributed by atoms with Gasteiger partial charge >= 0.3 is 0 Å². The topological polar surface area (TPSA) is 20.2 Å². The highest BCUT2D eigenvalue weighted by molar-refractivity contribution is 9.08. The molecule has 0 unspecified atom stereocenters. The van der Waals surface area contributed by atoms with Gasteiger partial charge in [0.2, 0.25) is 0 Å². The lowest BCUT2D eigenvalue weighted by molar-refractivity contribution is 0.462. The first kappa shape index (κ1) is 11.6. The Hall–Kier alpha value is -0.500. The Kier molecular flexibility index (Phi) is 4.46. The molecule has 0 aliphatic heterocycles. The number of unbranched alkanes of at least 4 members (excludes halogenated alkanes) is 1. The van der Waals surface area contributed by atoms with E-state index in [2.05, 4.69) is 35.8 Å². The normalized spacial score (nSPS) is 10.5. The molecule has 14 heavy (non-hydrogen) atoms. The van der Waals surface area contributed by atoms with Crippen LogP contribution in [0.3, 0.4) is 0 Å². The highest BCUT2D eigenvalue weighted by Crippen LogP contribution is 2.27. The van der Waals surface area contributed by atoms with Crippen LogP contribution >= 0.6 is 15.9 Å². The van der Waals surface area contributed by atoms with Gasteiger partial charge in [0.25, 0.3) is 0 Å². The molecule has 1 aromatic carbocycles. The third-order valence-corrected chi connectivity index (χ3v) is 2.96. The lowest BCUT2D eigenvalue weighted by Gasteiger charge is -2.09. The second-order valence-electron chi connectivity index (χ2n) is 3.67. The summed E-state index contributed by atoms with van der Waals surface area (Å²) in [7, 11) is 0. The summed E-state index contributed by atoms with van der Waals surface area (Å²) in [5.41, 5.74) is 3.31. The van der Waals surface area contributed by atoms with Gasteiger partial charge in [-0.2, -0.15) is 0 Å². The van der Waals surface area contributed by atoms with Crippen LogP contribution in [0.15, 0.2) is 12.1 Å². The van der Waals surface area contributed by atoms with E-state index in [1.807, 2.05) is 6.07 Å². The van der Waals surface area contributed by atoms with E-state index < -0.39 is 0 Å². The van der Waals surface area contributed by atoms with Crippen molar-refractivity contribution >= 4 is 15.9 Å². The molecule has 0 spiro atoms. The Labute approximate surface area is 94.3 Å². The van der Waals surface area contributed by atoms with Gasteiger partial charge in [0.1, 0.15) is 5.75 Å². The maximum Gasteiger partial charge on any atom is 0.122 e. The molecule has 1 nitrogen and oxygen atoms in total. The van der Waals surface area contributed by atoms with Crippen LogP contribution in [0.1, 0.15) is 36.5 Å². The average Bonchev–Trinajstić information content (AvgIpc) is 2.18. The second-order valence-corrected chi connectivity index (χ2v) is 4.23. The van der Waals surface area contributed by atoms with Gasteiger partial charge in [0.15, 0.2) is 0 Å². The third kappa shape index (κ3) is 2.74. The molecular weight excluding hydrogens is 240 g/mol. The van der Waals surface area contributed by atoms with Gasteiger partial charge in [-0.3, -0.25) is 0 Å². The standard InChI is InChI=1S/C12H17BrO/c1-3-4-5-10-6-9(2)7-11(8-13)12(10)14/h6-7,14H,3-5,8H2,1-2H3.